The lowest BCUT2D eigenvalue weighted by Crippen LogP contribution is -1.99. The van der Waals surface area contributed by atoms with Crippen LogP contribution in [0.25, 0.3) is 10.9 Å². The number of fused-ring (bicyclic) bond motifs is 1. The summed E-state index contributed by atoms with van der Waals surface area (Å²) in [6.45, 7) is 0.943. The number of nitrogens with two attached hydrogens (primary N) is 1. The maximum Gasteiger partial charge on any atom is 0.123 e. The van der Waals surface area contributed by atoms with Crippen LogP contribution in [0.5, 0.6) is 11.5 Å². The van der Waals surface area contributed by atoms with E-state index in [1.165, 1.54) is 0 Å². The molecule has 0 radical (unpaired) electrons. The summed E-state index contributed by atoms with van der Waals surface area (Å²) in [6.07, 6.45) is 2.06. The quantitative estimate of drug-likeness (QED) is 0.773. The smallest absolute Gasteiger partial charge is 0.123 e. The van der Waals surface area contributed by atoms with Gasteiger partial charge >= 0.3 is 0 Å². The van der Waals surface area contributed by atoms with Crippen molar-refractivity contribution in [3.8, 4) is 11.5 Å². The van der Waals surface area contributed by atoms with Gasteiger partial charge in [-0.25, -0.2) is 0 Å². The second kappa shape index (κ2) is 5.50. The third-order valence-corrected chi connectivity index (χ3v) is 3.61. The summed E-state index contributed by atoms with van der Waals surface area (Å²) in [4.78, 5) is 0. The van der Waals surface area contributed by atoms with Gasteiger partial charge in [0.1, 0.15) is 18.1 Å². The standard InChI is InChI=1S/C17H18N2O2/c1-19-10-13(11-21-15-6-3-5-14(20)8-15)17-12(9-18)4-2-7-16(17)19/h2-8,10,20H,9,11,18H2,1H3. The molecule has 0 atom stereocenters. The van der Waals surface area contributed by atoms with Crippen LogP contribution < -0.4 is 10.5 Å². The number of hydrogen-bond donors (Lipinski definition) is 2. The molecule has 0 aliphatic heterocycles. The van der Waals surface area contributed by atoms with Crippen LogP contribution in [0.1, 0.15) is 11.1 Å². The zero-order chi connectivity index (χ0) is 14.8. The van der Waals surface area contributed by atoms with Gasteiger partial charge in [0, 0.05) is 42.3 Å². The number of aryl methyl sites for hydroxylation is 1. The van der Waals surface area contributed by atoms with Crippen molar-refractivity contribution in [1.29, 1.82) is 0 Å². The molecule has 21 heavy (non-hydrogen) atoms. The molecule has 1 heterocycles. The topological polar surface area (TPSA) is 60.4 Å². The van der Waals surface area contributed by atoms with Crippen molar-refractivity contribution < 1.29 is 9.84 Å². The number of benzene rings is 2. The number of aromatic hydroxyl groups is 1. The predicted molar refractivity (Wildman–Crippen MR) is 83.2 cm³/mol. The molecule has 0 saturated carbocycles. The van der Waals surface area contributed by atoms with Crippen LogP contribution in [0.3, 0.4) is 0 Å². The Morgan fingerprint density at radius 1 is 1.14 bits per heavy atom. The lowest BCUT2D eigenvalue weighted by Gasteiger charge is -2.07. The molecular formula is C17H18N2O2. The molecule has 3 aromatic rings. The van der Waals surface area contributed by atoms with E-state index >= 15 is 0 Å². The van der Waals surface area contributed by atoms with E-state index in [9.17, 15) is 5.11 Å². The molecule has 3 N–H and O–H groups in total. The first kappa shape index (κ1) is 13.5. The molecule has 4 heteroatoms. The van der Waals surface area contributed by atoms with Crippen molar-refractivity contribution in [3.63, 3.8) is 0 Å². The van der Waals surface area contributed by atoms with E-state index in [2.05, 4.69) is 16.8 Å². The number of rotatable bonds is 4. The average Bonchev–Trinajstić information content (AvgIpc) is 2.82. The van der Waals surface area contributed by atoms with Gasteiger partial charge in [-0.3, -0.25) is 0 Å². The lowest BCUT2D eigenvalue weighted by molar-refractivity contribution is 0.305. The first-order chi connectivity index (χ1) is 10.2. The number of nitrogens with zero attached hydrogens (tertiary/aromatic N) is 1. The van der Waals surface area contributed by atoms with Crippen LogP contribution in [-0.2, 0) is 20.2 Å². The molecule has 0 amide bonds. The maximum atomic E-state index is 9.47. The SMILES string of the molecule is Cn1cc(COc2cccc(O)c2)c2c(CN)cccc21. The van der Waals surface area contributed by atoms with Crippen molar-refractivity contribution in [2.24, 2.45) is 12.8 Å². The van der Waals surface area contributed by atoms with Gasteiger partial charge in [-0.05, 0) is 23.8 Å². The Kier molecular flexibility index (Phi) is 3.54. The summed E-state index contributed by atoms with van der Waals surface area (Å²) >= 11 is 0. The van der Waals surface area contributed by atoms with Crippen molar-refractivity contribution in [2.75, 3.05) is 0 Å². The summed E-state index contributed by atoms with van der Waals surface area (Å²) in [5.74, 6) is 0.852. The highest BCUT2D eigenvalue weighted by atomic mass is 16.5. The highest BCUT2D eigenvalue weighted by molar-refractivity contribution is 5.87. The monoisotopic (exact) mass is 282 g/mol. The molecular weight excluding hydrogens is 264 g/mol. The Balaban J connectivity index is 1.94. The predicted octanol–water partition coefficient (Wildman–Crippen LogP) is 2.92. The van der Waals surface area contributed by atoms with Crippen LogP contribution in [0.4, 0.5) is 0 Å². The van der Waals surface area contributed by atoms with Gasteiger partial charge in [0.2, 0.25) is 0 Å². The number of ether oxygens (including phenoxy) is 1. The summed E-state index contributed by atoms with van der Waals surface area (Å²) in [5.41, 5.74) is 9.19. The van der Waals surface area contributed by atoms with Crippen molar-refractivity contribution in [1.82, 2.24) is 4.57 Å². The third-order valence-electron chi connectivity index (χ3n) is 3.61. The molecule has 0 spiro atoms. The third kappa shape index (κ3) is 2.58. The van der Waals surface area contributed by atoms with Crippen LogP contribution in [-0.4, -0.2) is 9.67 Å². The maximum absolute atomic E-state index is 9.47. The van der Waals surface area contributed by atoms with Gasteiger partial charge in [0.15, 0.2) is 0 Å². The molecule has 0 saturated heterocycles. The van der Waals surface area contributed by atoms with E-state index in [1.54, 1.807) is 18.2 Å². The largest absolute Gasteiger partial charge is 0.508 e. The molecule has 1 aromatic heterocycles. The normalized spacial score (nSPS) is 11.0. The van der Waals surface area contributed by atoms with Gasteiger partial charge in [-0.1, -0.05) is 18.2 Å². The molecule has 3 rings (SSSR count). The molecule has 0 fully saturated rings. The van der Waals surface area contributed by atoms with Crippen LogP contribution in [0.15, 0.2) is 48.7 Å². The zero-order valence-corrected chi connectivity index (χ0v) is 11.9. The summed E-state index contributed by atoms with van der Waals surface area (Å²) < 4.78 is 7.86. The van der Waals surface area contributed by atoms with Gasteiger partial charge in [-0.2, -0.15) is 0 Å². The minimum absolute atomic E-state index is 0.202. The van der Waals surface area contributed by atoms with Gasteiger partial charge in [-0.15, -0.1) is 0 Å². The van der Waals surface area contributed by atoms with Gasteiger partial charge in [0.25, 0.3) is 0 Å². The molecule has 0 bridgehead atoms. The molecule has 0 unspecified atom stereocenters. The fourth-order valence-corrected chi connectivity index (χ4v) is 2.63. The summed E-state index contributed by atoms with van der Waals surface area (Å²) in [7, 11) is 2.01. The first-order valence-electron chi connectivity index (χ1n) is 6.86. The van der Waals surface area contributed by atoms with Crippen LogP contribution >= 0.6 is 0 Å². The fourth-order valence-electron chi connectivity index (χ4n) is 2.63. The average molecular weight is 282 g/mol. The van der Waals surface area contributed by atoms with E-state index in [0.29, 0.717) is 18.9 Å². The number of phenols is 1. The van der Waals surface area contributed by atoms with E-state index in [-0.39, 0.29) is 5.75 Å². The van der Waals surface area contributed by atoms with Crippen molar-refractivity contribution in [2.45, 2.75) is 13.2 Å². The Hall–Kier alpha value is -2.46. The van der Waals surface area contributed by atoms with Crippen molar-refractivity contribution >= 4 is 10.9 Å². The van der Waals surface area contributed by atoms with E-state index in [1.807, 2.05) is 25.2 Å². The highest BCUT2D eigenvalue weighted by Gasteiger charge is 2.10. The second-order valence-corrected chi connectivity index (χ2v) is 5.07. The van der Waals surface area contributed by atoms with Crippen molar-refractivity contribution in [3.05, 3.63) is 59.8 Å². The molecule has 2 aromatic carbocycles. The molecule has 0 aliphatic rings. The first-order valence-corrected chi connectivity index (χ1v) is 6.86. The Morgan fingerprint density at radius 2 is 1.95 bits per heavy atom. The van der Waals surface area contributed by atoms with Gasteiger partial charge in [0.05, 0.1) is 0 Å². The molecule has 0 aliphatic carbocycles. The Bertz CT molecular complexity index is 778. The summed E-state index contributed by atoms with van der Waals surface area (Å²) in [5, 5.41) is 10.6. The van der Waals surface area contributed by atoms with Gasteiger partial charge < -0.3 is 20.1 Å². The number of aromatic nitrogens is 1. The molecule has 108 valence electrons. The van der Waals surface area contributed by atoms with Crippen LogP contribution in [0.2, 0.25) is 0 Å². The highest BCUT2D eigenvalue weighted by Crippen LogP contribution is 2.26. The van der Waals surface area contributed by atoms with Crippen LogP contribution in [0, 0.1) is 0 Å². The van der Waals surface area contributed by atoms with E-state index in [0.717, 1.165) is 22.0 Å². The zero-order valence-electron chi connectivity index (χ0n) is 11.9. The number of hydrogen-bond acceptors (Lipinski definition) is 3. The summed E-state index contributed by atoms with van der Waals surface area (Å²) in [6, 6.07) is 13.0. The number of phenolic OH excluding ortho intramolecular Hbond substituents is 1. The second-order valence-electron chi connectivity index (χ2n) is 5.07. The molecule has 4 nitrogen and oxygen atoms in total. The van der Waals surface area contributed by atoms with E-state index < -0.39 is 0 Å². The van der Waals surface area contributed by atoms with E-state index in [4.69, 9.17) is 10.5 Å². The Labute approximate surface area is 123 Å². The minimum Gasteiger partial charge on any atom is -0.508 e. The fraction of sp³-hybridized carbons (Fsp3) is 0.176. The minimum atomic E-state index is 0.202. The Morgan fingerprint density at radius 3 is 2.71 bits per heavy atom. The lowest BCUT2D eigenvalue weighted by atomic mass is 10.1.